The molecule has 0 fully saturated rings. The molecule has 5 heteroatoms. The lowest BCUT2D eigenvalue weighted by atomic mass is 10.1. The lowest BCUT2D eigenvalue weighted by Crippen LogP contribution is -2.31. The maximum absolute atomic E-state index is 10.5. The van der Waals surface area contributed by atoms with E-state index in [1.165, 1.54) is 0 Å². The second-order valence-electron chi connectivity index (χ2n) is 3.73. The third kappa shape index (κ3) is 3.76. The highest BCUT2D eigenvalue weighted by Gasteiger charge is 2.12. The summed E-state index contributed by atoms with van der Waals surface area (Å²) >= 11 is 0. The topological polar surface area (TPSA) is 71.3 Å². The smallest absolute Gasteiger partial charge is 0.303 e. The van der Waals surface area contributed by atoms with E-state index in [-0.39, 0.29) is 12.5 Å². The van der Waals surface area contributed by atoms with Crippen LogP contribution in [0.25, 0.3) is 0 Å². The van der Waals surface area contributed by atoms with Crippen LogP contribution in [0.3, 0.4) is 0 Å². The number of carbonyl (C=O) groups is 2. The number of aromatic nitrogens is 1. The second kappa shape index (κ2) is 5.95. The summed E-state index contributed by atoms with van der Waals surface area (Å²) in [5, 5.41) is 11.2. The highest BCUT2D eigenvalue weighted by atomic mass is 16.4. The van der Waals surface area contributed by atoms with E-state index in [1.54, 1.807) is 0 Å². The fourth-order valence-corrected chi connectivity index (χ4v) is 1.60. The van der Waals surface area contributed by atoms with E-state index in [0.29, 0.717) is 19.3 Å². The molecule has 0 radical (unpaired) electrons. The third-order valence-corrected chi connectivity index (χ3v) is 2.52. The summed E-state index contributed by atoms with van der Waals surface area (Å²) in [7, 11) is 1.92. The van der Waals surface area contributed by atoms with Gasteiger partial charge in [0.25, 0.3) is 0 Å². The fraction of sp³-hybridized carbons (Fsp3) is 0.455. The number of hydrogen-bond acceptors (Lipinski definition) is 2. The highest BCUT2D eigenvalue weighted by Crippen LogP contribution is 2.07. The van der Waals surface area contributed by atoms with Crippen molar-refractivity contribution in [3.63, 3.8) is 0 Å². The van der Waals surface area contributed by atoms with Gasteiger partial charge in [0.15, 0.2) is 0 Å². The lowest BCUT2D eigenvalue weighted by Gasteiger charge is -2.15. The molecule has 1 amide bonds. The van der Waals surface area contributed by atoms with Crippen LogP contribution in [0, 0.1) is 0 Å². The number of amides is 1. The molecular formula is C11H16N2O3. The molecule has 0 spiro atoms. The Bertz CT molecular complexity index is 360. The third-order valence-electron chi connectivity index (χ3n) is 2.52. The SMILES string of the molecule is Cn1cccc1CC(CCC(=O)O)NC=O. The molecule has 1 atom stereocenters. The quantitative estimate of drug-likeness (QED) is 0.664. The molecule has 1 aromatic rings. The van der Waals surface area contributed by atoms with Gasteiger partial charge in [0.05, 0.1) is 0 Å². The lowest BCUT2D eigenvalue weighted by molar-refractivity contribution is -0.137. The van der Waals surface area contributed by atoms with Crippen molar-refractivity contribution in [2.75, 3.05) is 0 Å². The minimum atomic E-state index is -0.843. The molecule has 88 valence electrons. The average molecular weight is 224 g/mol. The average Bonchev–Trinajstić information content (AvgIpc) is 2.61. The number of aliphatic carboxylic acids is 1. The van der Waals surface area contributed by atoms with Gasteiger partial charge < -0.3 is 15.0 Å². The minimum Gasteiger partial charge on any atom is -0.481 e. The van der Waals surface area contributed by atoms with E-state index in [4.69, 9.17) is 5.11 Å². The van der Waals surface area contributed by atoms with Gasteiger partial charge in [-0.25, -0.2) is 0 Å². The van der Waals surface area contributed by atoms with Crippen molar-refractivity contribution in [1.29, 1.82) is 0 Å². The molecule has 0 bridgehead atoms. The van der Waals surface area contributed by atoms with Crippen LogP contribution in [-0.4, -0.2) is 28.1 Å². The summed E-state index contributed by atoms with van der Waals surface area (Å²) in [5.41, 5.74) is 1.07. The number of nitrogens with zero attached hydrogens (tertiary/aromatic N) is 1. The first-order valence-electron chi connectivity index (χ1n) is 5.15. The van der Waals surface area contributed by atoms with E-state index in [2.05, 4.69) is 5.32 Å². The van der Waals surface area contributed by atoms with Crippen molar-refractivity contribution >= 4 is 12.4 Å². The van der Waals surface area contributed by atoms with E-state index in [9.17, 15) is 9.59 Å². The summed E-state index contributed by atoms with van der Waals surface area (Å²) in [4.78, 5) is 20.9. The van der Waals surface area contributed by atoms with Crippen molar-refractivity contribution in [3.05, 3.63) is 24.0 Å². The molecular weight excluding hydrogens is 208 g/mol. The largest absolute Gasteiger partial charge is 0.481 e. The second-order valence-corrected chi connectivity index (χ2v) is 3.73. The van der Waals surface area contributed by atoms with Crippen LogP contribution in [-0.2, 0) is 23.1 Å². The number of nitrogens with one attached hydrogen (secondary N) is 1. The summed E-state index contributed by atoms with van der Waals surface area (Å²) in [6.45, 7) is 0. The summed E-state index contributed by atoms with van der Waals surface area (Å²) in [6, 6.07) is 3.76. The maximum Gasteiger partial charge on any atom is 0.303 e. The van der Waals surface area contributed by atoms with E-state index < -0.39 is 5.97 Å². The van der Waals surface area contributed by atoms with Gasteiger partial charge in [-0.2, -0.15) is 0 Å². The predicted octanol–water partition coefficient (Wildman–Crippen LogP) is 0.547. The molecule has 0 aliphatic rings. The zero-order valence-electron chi connectivity index (χ0n) is 9.22. The van der Waals surface area contributed by atoms with Gasteiger partial charge in [0.1, 0.15) is 0 Å². The van der Waals surface area contributed by atoms with E-state index in [0.717, 1.165) is 5.69 Å². The van der Waals surface area contributed by atoms with Gasteiger partial charge in [0, 0.05) is 37.8 Å². The van der Waals surface area contributed by atoms with Crippen molar-refractivity contribution in [1.82, 2.24) is 9.88 Å². The van der Waals surface area contributed by atoms with E-state index >= 15 is 0 Å². The molecule has 2 N–H and O–H groups in total. The first kappa shape index (κ1) is 12.3. The molecule has 1 rings (SSSR count). The Kier molecular flexibility index (Phi) is 4.57. The zero-order valence-corrected chi connectivity index (χ0v) is 9.22. The molecule has 16 heavy (non-hydrogen) atoms. The van der Waals surface area contributed by atoms with Crippen LogP contribution in [0.1, 0.15) is 18.5 Å². The Hall–Kier alpha value is -1.78. The van der Waals surface area contributed by atoms with Crippen LogP contribution in [0.4, 0.5) is 0 Å². The van der Waals surface area contributed by atoms with Crippen LogP contribution in [0.5, 0.6) is 0 Å². The number of hydrogen-bond donors (Lipinski definition) is 2. The fourth-order valence-electron chi connectivity index (χ4n) is 1.60. The Morgan fingerprint density at radius 1 is 1.69 bits per heavy atom. The molecule has 1 unspecified atom stereocenters. The standard InChI is InChI=1S/C11H16N2O3/c1-13-6-2-3-10(13)7-9(12-8-14)4-5-11(15)16/h2-3,6,8-9H,4-5,7H2,1H3,(H,12,14)(H,15,16). The Morgan fingerprint density at radius 3 is 2.94 bits per heavy atom. The predicted molar refractivity (Wildman–Crippen MR) is 59.0 cm³/mol. The normalized spacial score (nSPS) is 12.1. The number of carbonyl (C=O) groups excluding carboxylic acids is 1. The van der Waals surface area contributed by atoms with Crippen LogP contribution in [0.15, 0.2) is 18.3 Å². The highest BCUT2D eigenvalue weighted by molar-refractivity contribution is 5.66. The maximum atomic E-state index is 10.5. The van der Waals surface area contributed by atoms with Crippen LogP contribution in [0.2, 0.25) is 0 Å². The van der Waals surface area contributed by atoms with Gasteiger partial charge in [-0.3, -0.25) is 9.59 Å². The van der Waals surface area contributed by atoms with Crippen molar-refractivity contribution < 1.29 is 14.7 Å². The zero-order chi connectivity index (χ0) is 12.0. The van der Waals surface area contributed by atoms with Crippen molar-refractivity contribution in [3.8, 4) is 0 Å². The molecule has 0 saturated carbocycles. The Morgan fingerprint density at radius 2 is 2.44 bits per heavy atom. The monoisotopic (exact) mass is 224 g/mol. The first-order valence-corrected chi connectivity index (χ1v) is 5.15. The van der Waals surface area contributed by atoms with Crippen LogP contribution < -0.4 is 5.32 Å². The van der Waals surface area contributed by atoms with Crippen molar-refractivity contribution in [2.45, 2.75) is 25.3 Å². The first-order chi connectivity index (χ1) is 7.63. The Balaban J connectivity index is 2.53. The molecule has 0 aromatic carbocycles. The van der Waals surface area contributed by atoms with Gasteiger partial charge >= 0.3 is 5.97 Å². The summed E-state index contributed by atoms with van der Waals surface area (Å²) in [5.74, 6) is -0.843. The molecule has 5 nitrogen and oxygen atoms in total. The minimum absolute atomic E-state index is 0.0654. The summed E-state index contributed by atoms with van der Waals surface area (Å²) < 4.78 is 1.96. The van der Waals surface area contributed by atoms with Gasteiger partial charge in [-0.05, 0) is 18.6 Å². The summed E-state index contributed by atoms with van der Waals surface area (Å²) in [6.07, 6.45) is 3.70. The van der Waals surface area contributed by atoms with Crippen LogP contribution >= 0.6 is 0 Å². The molecule has 0 aliphatic heterocycles. The number of rotatable bonds is 7. The van der Waals surface area contributed by atoms with Gasteiger partial charge in [-0.15, -0.1) is 0 Å². The van der Waals surface area contributed by atoms with Gasteiger partial charge in [0.2, 0.25) is 6.41 Å². The van der Waals surface area contributed by atoms with Crippen molar-refractivity contribution in [2.24, 2.45) is 7.05 Å². The molecule has 0 saturated heterocycles. The van der Waals surface area contributed by atoms with E-state index in [1.807, 2.05) is 29.9 Å². The van der Waals surface area contributed by atoms with Gasteiger partial charge in [-0.1, -0.05) is 0 Å². The number of carboxylic acids is 1. The molecule has 0 aliphatic carbocycles. The number of carboxylic acid groups (broad SMARTS) is 1. The molecule has 1 aromatic heterocycles. The number of aryl methyl sites for hydroxylation is 1. The Labute approximate surface area is 94.1 Å². The molecule has 1 heterocycles.